The standard InChI is InChI=1S/C21H18F3N7O2/c22-21(23,24)17-12-26-18-19(25-9-11-30(17)18)33-14-4-3-10-29(13-14)20(32)15-5-1-2-6-16(15)31-27-7-8-28-31/h1-2,5-9,11-12,14H,3-4,10,13H2. The summed E-state index contributed by atoms with van der Waals surface area (Å²) in [5, 5.41) is 8.21. The second kappa shape index (κ2) is 8.19. The van der Waals surface area contributed by atoms with Crippen molar-refractivity contribution in [3.63, 3.8) is 0 Å². The molecule has 12 heteroatoms. The molecule has 5 rings (SSSR count). The van der Waals surface area contributed by atoms with E-state index in [1.54, 1.807) is 29.2 Å². The average Bonchev–Trinajstić information content (AvgIpc) is 3.49. The number of likely N-dealkylation sites (tertiary alicyclic amines) is 1. The van der Waals surface area contributed by atoms with Crippen LogP contribution in [0.3, 0.4) is 0 Å². The average molecular weight is 457 g/mol. The third-order valence-corrected chi connectivity index (χ3v) is 5.40. The summed E-state index contributed by atoms with van der Waals surface area (Å²) in [6.07, 6.45) is 2.53. The van der Waals surface area contributed by atoms with Gasteiger partial charge in [0.15, 0.2) is 0 Å². The Morgan fingerprint density at radius 2 is 1.88 bits per heavy atom. The number of amides is 1. The topological polar surface area (TPSA) is 90.4 Å². The van der Waals surface area contributed by atoms with Crippen molar-refractivity contribution in [3.8, 4) is 11.6 Å². The molecule has 0 saturated carbocycles. The lowest BCUT2D eigenvalue weighted by Crippen LogP contribution is -2.44. The number of aromatic nitrogens is 6. The summed E-state index contributed by atoms with van der Waals surface area (Å²) in [6, 6.07) is 7.02. The van der Waals surface area contributed by atoms with Gasteiger partial charge in [0.05, 0.1) is 36.4 Å². The molecule has 0 aliphatic carbocycles. The molecule has 4 aromatic rings. The van der Waals surface area contributed by atoms with Crippen LogP contribution in [0.15, 0.2) is 55.2 Å². The molecule has 0 spiro atoms. The molecule has 170 valence electrons. The van der Waals surface area contributed by atoms with E-state index in [1.807, 2.05) is 0 Å². The minimum atomic E-state index is -4.55. The second-order valence-electron chi connectivity index (χ2n) is 7.54. The van der Waals surface area contributed by atoms with Crippen LogP contribution >= 0.6 is 0 Å². The highest BCUT2D eigenvalue weighted by Gasteiger charge is 2.35. The summed E-state index contributed by atoms with van der Waals surface area (Å²) < 4.78 is 46.4. The predicted molar refractivity (Wildman–Crippen MR) is 109 cm³/mol. The van der Waals surface area contributed by atoms with Crippen LogP contribution in [0.25, 0.3) is 11.3 Å². The molecule has 3 aromatic heterocycles. The number of carbonyl (C=O) groups excluding carboxylic acids is 1. The fraction of sp³-hybridized carbons (Fsp3) is 0.286. The Kier molecular flexibility index (Phi) is 5.19. The van der Waals surface area contributed by atoms with E-state index in [0.717, 1.165) is 10.6 Å². The molecule has 1 amide bonds. The summed E-state index contributed by atoms with van der Waals surface area (Å²) in [4.78, 5) is 24.2. The number of nitrogens with zero attached hydrogens (tertiary/aromatic N) is 7. The van der Waals surface area contributed by atoms with Crippen LogP contribution in [0, 0.1) is 0 Å². The molecule has 4 heterocycles. The Hall–Kier alpha value is -3.96. The second-order valence-corrected chi connectivity index (χ2v) is 7.54. The molecule has 0 bridgehead atoms. The first-order chi connectivity index (χ1) is 15.9. The van der Waals surface area contributed by atoms with E-state index in [2.05, 4.69) is 20.2 Å². The van der Waals surface area contributed by atoms with Crippen molar-refractivity contribution in [2.45, 2.75) is 25.1 Å². The van der Waals surface area contributed by atoms with Crippen molar-refractivity contribution in [1.82, 2.24) is 34.3 Å². The van der Waals surface area contributed by atoms with Crippen LogP contribution in [0.1, 0.15) is 28.9 Å². The minimum Gasteiger partial charge on any atom is -0.470 e. The van der Waals surface area contributed by atoms with Crippen LogP contribution in [-0.4, -0.2) is 59.4 Å². The van der Waals surface area contributed by atoms with Gasteiger partial charge in [0, 0.05) is 18.9 Å². The molecular weight excluding hydrogens is 439 g/mol. The maximum atomic E-state index is 13.3. The number of alkyl halides is 3. The van der Waals surface area contributed by atoms with Crippen LogP contribution in [0.5, 0.6) is 5.88 Å². The Bertz CT molecular complexity index is 1290. The molecule has 1 unspecified atom stereocenters. The first-order valence-corrected chi connectivity index (χ1v) is 10.2. The summed E-state index contributed by atoms with van der Waals surface area (Å²) >= 11 is 0. The van der Waals surface area contributed by atoms with Gasteiger partial charge in [-0.3, -0.25) is 9.20 Å². The van der Waals surface area contributed by atoms with Crippen molar-refractivity contribution < 1.29 is 22.7 Å². The summed E-state index contributed by atoms with van der Waals surface area (Å²) in [5.74, 6) is -0.212. The lowest BCUT2D eigenvalue weighted by atomic mass is 10.1. The van der Waals surface area contributed by atoms with Gasteiger partial charge in [-0.1, -0.05) is 12.1 Å². The molecule has 1 aliphatic rings. The molecule has 33 heavy (non-hydrogen) atoms. The van der Waals surface area contributed by atoms with E-state index in [1.165, 1.54) is 29.6 Å². The molecule has 1 aromatic carbocycles. The van der Waals surface area contributed by atoms with E-state index in [0.29, 0.717) is 30.6 Å². The number of fused-ring (bicyclic) bond motifs is 1. The molecule has 0 radical (unpaired) electrons. The normalized spacial score (nSPS) is 16.8. The quantitative estimate of drug-likeness (QED) is 0.468. The van der Waals surface area contributed by atoms with E-state index in [-0.39, 0.29) is 24.0 Å². The summed E-state index contributed by atoms with van der Waals surface area (Å²) in [7, 11) is 0. The van der Waals surface area contributed by atoms with Gasteiger partial charge in [-0.15, -0.1) is 0 Å². The number of hydrogen-bond acceptors (Lipinski definition) is 6. The van der Waals surface area contributed by atoms with Gasteiger partial charge < -0.3 is 9.64 Å². The van der Waals surface area contributed by atoms with Crippen molar-refractivity contribution in [2.75, 3.05) is 13.1 Å². The lowest BCUT2D eigenvalue weighted by molar-refractivity contribution is -0.141. The van der Waals surface area contributed by atoms with Crippen molar-refractivity contribution in [2.24, 2.45) is 0 Å². The number of para-hydroxylation sites is 1. The van der Waals surface area contributed by atoms with Crippen LogP contribution < -0.4 is 4.74 Å². The van der Waals surface area contributed by atoms with E-state index >= 15 is 0 Å². The smallest absolute Gasteiger partial charge is 0.433 e. The number of imidazole rings is 1. The minimum absolute atomic E-state index is 0.00607. The van der Waals surface area contributed by atoms with Gasteiger partial charge in [-0.05, 0) is 25.0 Å². The Morgan fingerprint density at radius 3 is 2.67 bits per heavy atom. The molecule has 1 fully saturated rings. The third-order valence-electron chi connectivity index (χ3n) is 5.40. The fourth-order valence-corrected chi connectivity index (χ4v) is 3.90. The highest BCUT2D eigenvalue weighted by Crippen LogP contribution is 2.31. The number of ether oxygens (including phenoxy) is 1. The number of halogens is 3. The van der Waals surface area contributed by atoms with Crippen molar-refractivity contribution in [3.05, 3.63) is 66.5 Å². The Labute approximate surface area is 185 Å². The number of carbonyl (C=O) groups is 1. The highest BCUT2D eigenvalue weighted by molar-refractivity contribution is 5.97. The van der Waals surface area contributed by atoms with E-state index in [9.17, 15) is 18.0 Å². The van der Waals surface area contributed by atoms with Crippen LogP contribution in [0.4, 0.5) is 13.2 Å². The molecule has 1 atom stereocenters. The van der Waals surface area contributed by atoms with Gasteiger partial charge in [0.25, 0.3) is 11.8 Å². The zero-order chi connectivity index (χ0) is 23.0. The van der Waals surface area contributed by atoms with Gasteiger partial charge in [0.1, 0.15) is 11.8 Å². The number of piperidine rings is 1. The van der Waals surface area contributed by atoms with Crippen molar-refractivity contribution >= 4 is 11.6 Å². The molecule has 0 N–H and O–H groups in total. The first-order valence-electron chi connectivity index (χ1n) is 10.2. The van der Waals surface area contributed by atoms with Crippen molar-refractivity contribution in [1.29, 1.82) is 0 Å². The van der Waals surface area contributed by atoms with Crippen LogP contribution in [-0.2, 0) is 6.18 Å². The number of benzene rings is 1. The summed E-state index contributed by atoms with van der Waals surface area (Å²) in [5.41, 5.74) is 0.0640. The maximum absolute atomic E-state index is 13.3. The largest absolute Gasteiger partial charge is 0.470 e. The van der Waals surface area contributed by atoms with E-state index < -0.39 is 18.0 Å². The Morgan fingerprint density at radius 1 is 1.09 bits per heavy atom. The lowest BCUT2D eigenvalue weighted by Gasteiger charge is -2.33. The highest BCUT2D eigenvalue weighted by atomic mass is 19.4. The van der Waals surface area contributed by atoms with Gasteiger partial charge in [0.2, 0.25) is 5.65 Å². The molecule has 9 nitrogen and oxygen atoms in total. The zero-order valence-electron chi connectivity index (χ0n) is 17.2. The maximum Gasteiger partial charge on any atom is 0.433 e. The summed E-state index contributed by atoms with van der Waals surface area (Å²) in [6.45, 7) is 0.786. The third kappa shape index (κ3) is 3.99. The predicted octanol–water partition coefficient (Wildman–Crippen LogP) is 3.01. The monoisotopic (exact) mass is 457 g/mol. The zero-order valence-corrected chi connectivity index (χ0v) is 17.2. The number of rotatable bonds is 4. The first kappa shape index (κ1) is 20.9. The Balaban J connectivity index is 1.37. The molecular formula is C21H18F3N7O2. The van der Waals surface area contributed by atoms with Gasteiger partial charge in [-0.25, -0.2) is 9.97 Å². The molecule has 1 aliphatic heterocycles. The molecule has 1 saturated heterocycles. The number of hydrogen-bond donors (Lipinski definition) is 0. The van der Waals surface area contributed by atoms with Crippen LogP contribution in [0.2, 0.25) is 0 Å². The van der Waals surface area contributed by atoms with Gasteiger partial charge >= 0.3 is 6.18 Å². The van der Waals surface area contributed by atoms with E-state index in [4.69, 9.17) is 4.74 Å². The van der Waals surface area contributed by atoms with Gasteiger partial charge in [-0.2, -0.15) is 28.2 Å². The SMILES string of the molecule is O=C(c1ccccc1-n1nccn1)N1CCCC(Oc2nccn3c(C(F)(F)F)cnc23)C1. The fourth-order valence-electron chi connectivity index (χ4n) is 3.90.